The van der Waals surface area contributed by atoms with Crippen LogP contribution in [0, 0.1) is 0 Å². The molecule has 5 nitrogen and oxygen atoms in total. The summed E-state index contributed by atoms with van der Waals surface area (Å²) in [5, 5.41) is 4.23. The lowest BCUT2D eigenvalue weighted by Crippen LogP contribution is -2.49. The molecule has 2 aliphatic rings. The molecule has 3 rings (SSSR count). The summed E-state index contributed by atoms with van der Waals surface area (Å²) >= 11 is 0. The molecular formula is C15H27N5. The molecule has 20 heavy (non-hydrogen) atoms. The van der Waals surface area contributed by atoms with Gasteiger partial charge >= 0.3 is 0 Å². The second-order valence-corrected chi connectivity index (χ2v) is 6.17. The highest BCUT2D eigenvalue weighted by atomic mass is 15.3. The Morgan fingerprint density at radius 3 is 2.50 bits per heavy atom. The Morgan fingerprint density at radius 1 is 1.10 bits per heavy atom. The van der Waals surface area contributed by atoms with E-state index >= 15 is 0 Å². The molecule has 112 valence electrons. The maximum Gasteiger partial charge on any atom is 0.145 e. The van der Waals surface area contributed by atoms with E-state index in [0.717, 1.165) is 19.0 Å². The van der Waals surface area contributed by atoms with Crippen LogP contribution in [0.15, 0.2) is 12.3 Å². The van der Waals surface area contributed by atoms with Crippen LogP contribution in [0.25, 0.3) is 0 Å². The van der Waals surface area contributed by atoms with Gasteiger partial charge in [-0.15, -0.1) is 0 Å². The van der Waals surface area contributed by atoms with Crippen molar-refractivity contribution < 1.29 is 0 Å². The predicted octanol–water partition coefficient (Wildman–Crippen LogP) is 1.42. The molecule has 0 amide bonds. The van der Waals surface area contributed by atoms with Crippen LogP contribution in [0.5, 0.6) is 0 Å². The van der Waals surface area contributed by atoms with Gasteiger partial charge in [0.25, 0.3) is 0 Å². The Morgan fingerprint density at radius 2 is 1.85 bits per heavy atom. The molecule has 1 aliphatic heterocycles. The fourth-order valence-electron chi connectivity index (χ4n) is 3.58. The van der Waals surface area contributed by atoms with Crippen LogP contribution in [0.1, 0.15) is 32.1 Å². The number of rotatable bonds is 5. The third-order valence-electron chi connectivity index (χ3n) is 4.77. The highest BCUT2D eigenvalue weighted by Crippen LogP contribution is 2.24. The number of hydrogen-bond acceptors (Lipinski definition) is 4. The Kier molecular flexibility index (Phi) is 4.58. The summed E-state index contributed by atoms with van der Waals surface area (Å²) in [4.78, 5) is 5.32. The largest absolute Gasteiger partial charge is 0.382 e. The van der Waals surface area contributed by atoms with E-state index in [1.807, 2.05) is 16.9 Å². The molecule has 2 fully saturated rings. The standard InChI is InChI=1S/C15H27N5/c16-15-6-9-20(17-15)8-3-7-18-10-12-19(13-11-18)14-4-1-2-5-14/h6,9,14H,1-5,7-8,10-13H2,(H2,16,17). The van der Waals surface area contributed by atoms with Gasteiger partial charge in [0.15, 0.2) is 0 Å². The van der Waals surface area contributed by atoms with Crippen molar-refractivity contribution in [2.75, 3.05) is 38.5 Å². The third-order valence-corrected chi connectivity index (χ3v) is 4.77. The van der Waals surface area contributed by atoms with E-state index in [2.05, 4.69) is 14.9 Å². The highest BCUT2D eigenvalue weighted by molar-refractivity contribution is 5.23. The maximum absolute atomic E-state index is 5.62. The van der Waals surface area contributed by atoms with Crippen LogP contribution in [0.3, 0.4) is 0 Å². The predicted molar refractivity (Wildman–Crippen MR) is 81.5 cm³/mol. The molecule has 1 aliphatic carbocycles. The maximum atomic E-state index is 5.62. The fraction of sp³-hybridized carbons (Fsp3) is 0.800. The molecule has 1 aromatic rings. The van der Waals surface area contributed by atoms with Crippen LogP contribution >= 0.6 is 0 Å². The summed E-state index contributed by atoms with van der Waals surface area (Å²) in [6.07, 6.45) is 8.87. The molecule has 2 N–H and O–H groups in total. The second kappa shape index (κ2) is 6.59. The van der Waals surface area contributed by atoms with Crippen molar-refractivity contribution in [1.29, 1.82) is 0 Å². The Balaban J connectivity index is 1.34. The van der Waals surface area contributed by atoms with E-state index in [9.17, 15) is 0 Å². The SMILES string of the molecule is Nc1ccn(CCCN2CCN(C3CCCC3)CC2)n1. The zero-order chi connectivity index (χ0) is 13.8. The van der Waals surface area contributed by atoms with E-state index in [0.29, 0.717) is 5.82 Å². The van der Waals surface area contributed by atoms with Gasteiger partial charge in [0.1, 0.15) is 5.82 Å². The fourth-order valence-corrected chi connectivity index (χ4v) is 3.58. The van der Waals surface area contributed by atoms with Gasteiger partial charge in [0, 0.05) is 45.0 Å². The topological polar surface area (TPSA) is 50.3 Å². The van der Waals surface area contributed by atoms with E-state index < -0.39 is 0 Å². The normalized spacial score (nSPS) is 22.6. The van der Waals surface area contributed by atoms with Gasteiger partial charge in [0.2, 0.25) is 0 Å². The molecule has 1 saturated carbocycles. The van der Waals surface area contributed by atoms with Crippen LogP contribution < -0.4 is 5.73 Å². The highest BCUT2D eigenvalue weighted by Gasteiger charge is 2.25. The van der Waals surface area contributed by atoms with Crippen molar-refractivity contribution in [3.8, 4) is 0 Å². The number of piperazine rings is 1. The van der Waals surface area contributed by atoms with Gasteiger partial charge in [-0.3, -0.25) is 9.58 Å². The molecule has 5 heteroatoms. The Labute approximate surface area is 121 Å². The summed E-state index contributed by atoms with van der Waals surface area (Å²) in [6, 6.07) is 2.75. The summed E-state index contributed by atoms with van der Waals surface area (Å²) in [7, 11) is 0. The average molecular weight is 277 g/mol. The third kappa shape index (κ3) is 3.52. The van der Waals surface area contributed by atoms with Gasteiger partial charge in [-0.05, 0) is 31.9 Å². The molecular weight excluding hydrogens is 250 g/mol. The zero-order valence-corrected chi connectivity index (χ0v) is 12.4. The van der Waals surface area contributed by atoms with E-state index in [1.165, 1.54) is 58.4 Å². The molecule has 0 spiro atoms. The molecule has 0 unspecified atom stereocenters. The molecule has 1 aromatic heterocycles. The average Bonchev–Trinajstić information content (AvgIpc) is 3.11. The molecule has 1 saturated heterocycles. The number of aryl methyl sites for hydroxylation is 1. The molecule has 0 radical (unpaired) electrons. The zero-order valence-electron chi connectivity index (χ0n) is 12.4. The lowest BCUT2D eigenvalue weighted by Gasteiger charge is -2.38. The van der Waals surface area contributed by atoms with Crippen molar-refractivity contribution in [3.05, 3.63) is 12.3 Å². The minimum absolute atomic E-state index is 0.621. The van der Waals surface area contributed by atoms with Gasteiger partial charge in [-0.1, -0.05) is 12.8 Å². The molecule has 0 aromatic carbocycles. The number of aromatic nitrogens is 2. The monoisotopic (exact) mass is 277 g/mol. The summed E-state index contributed by atoms with van der Waals surface area (Å²) in [6.45, 7) is 7.15. The van der Waals surface area contributed by atoms with Gasteiger partial charge in [0.05, 0.1) is 0 Å². The Bertz CT molecular complexity index is 402. The quantitative estimate of drug-likeness (QED) is 0.884. The molecule has 2 heterocycles. The van der Waals surface area contributed by atoms with Crippen LogP contribution in [-0.4, -0.2) is 58.3 Å². The number of hydrogen-bond donors (Lipinski definition) is 1. The number of nitrogens with two attached hydrogens (primary N) is 1. The van der Waals surface area contributed by atoms with Crippen LogP contribution in [0.4, 0.5) is 5.82 Å². The van der Waals surface area contributed by atoms with E-state index in [1.54, 1.807) is 0 Å². The first-order valence-corrected chi connectivity index (χ1v) is 8.06. The lowest BCUT2D eigenvalue weighted by atomic mass is 10.2. The van der Waals surface area contributed by atoms with Crippen molar-refractivity contribution in [2.24, 2.45) is 0 Å². The van der Waals surface area contributed by atoms with Gasteiger partial charge in [-0.2, -0.15) is 5.10 Å². The first kappa shape index (κ1) is 13.9. The summed E-state index contributed by atoms with van der Waals surface area (Å²) in [5.74, 6) is 0.621. The van der Waals surface area contributed by atoms with Crippen molar-refractivity contribution in [3.63, 3.8) is 0 Å². The van der Waals surface area contributed by atoms with Gasteiger partial charge in [-0.25, -0.2) is 0 Å². The first-order valence-electron chi connectivity index (χ1n) is 8.06. The molecule has 0 atom stereocenters. The van der Waals surface area contributed by atoms with Crippen LogP contribution in [-0.2, 0) is 6.54 Å². The van der Waals surface area contributed by atoms with Crippen molar-refractivity contribution in [2.45, 2.75) is 44.7 Å². The first-order chi connectivity index (χ1) is 9.81. The Hall–Kier alpha value is -1.07. The number of nitrogens with zero attached hydrogens (tertiary/aromatic N) is 4. The number of anilines is 1. The van der Waals surface area contributed by atoms with Gasteiger partial charge < -0.3 is 10.6 Å². The second-order valence-electron chi connectivity index (χ2n) is 6.17. The smallest absolute Gasteiger partial charge is 0.145 e. The summed E-state index contributed by atoms with van der Waals surface area (Å²) < 4.78 is 1.95. The minimum Gasteiger partial charge on any atom is -0.382 e. The van der Waals surface area contributed by atoms with E-state index in [-0.39, 0.29) is 0 Å². The lowest BCUT2D eigenvalue weighted by molar-refractivity contribution is 0.0962. The summed E-state index contributed by atoms with van der Waals surface area (Å²) in [5.41, 5.74) is 5.62. The van der Waals surface area contributed by atoms with Crippen molar-refractivity contribution in [1.82, 2.24) is 19.6 Å². The minimum atomic E-state index is 0.621. The van der Waals surface area contributed by atoms with E-state index in [4.69, 9.17) is 5.73 Å². The van der Waals surface area contributed by atoms with Crippen LogP contribution in [0.2, 0.25) is 0 Å². The number of nitrogen functional groups attached to an aromatic ring is 1. The molecule has 0 bridgehead atoms. The van der Waals surface area contributed by atoms with Crippen molar-refractivity contribution >= 4 is 5.82 Å².